The minimum absolute atomic E-state index is 0.0386. The number of nitrogens with one attached hydrogen (secondary N) is 1. The van der Waals surface area contributed by atoms with E-state index in [0.29, 0.717) is 24.6 Å². The number of hydrogen-bond donors (Lipinski definition) is 1. The van der Waals surface area contributed by atoms with E-state index < -0.39 is 0 Å². The van der Waals surface area contributed by atoms with E-state index >= 15 is 0 Å². The van der Waals surface area contributed by atoms with Crippen molar-refractivity contribution in [1.29, 1.82) is 0 Å². The lowest BCUT2D eigenvalue weighted by Gasteiger charge is -2.18. The molecule has 0 saturated heterocycles. The van der Waals surface area contributed by atoms with Crippen molar-refractivity contribution in [1.82, 2.24) is 14.9 Å². The number of amides is 1. The fraction of sp³-hybridized carbons (Fsp3) is 0.353. The van der Waals surface area contributed by atoms with Crippen LogP contribution in [0.4, 0.5) is 11.6 Å². The van der Waals surface area contributed by atoms with Gasteiger partial charge in [0, 0.05) is 31.2 Å². The van der Waals surface area contributed by atoms with Crippen LogP contribution in [0.25, 0.3) is 0 Å². The summed E-state index contributed by atoms with van der Waals surface area (Å²) in [6.07, 6.45) is 3.14. The summed E-state index contributed by atoms with van der Waals surface area (Å²) in [4.78, 5) is 22.4. The number of rotatable bonds is 5. The van der Waals surface area contributed by atoms with Crippen LogP contribution in [0.15, 0.2) is 30.6 Å². The Bertz CT molecular complexity index is 648. The smallest absolute Gasteiger partial charge is 0.256 e. The fourth-order valence-corrected chi connectivity index (χ4v) is 2.19. The van der Waals surface area contributed by atoms with Crippen molar-refractivity contribution in [2.45, 2.75) is 27.7 Å². The monoisotopic (exact) mass is 298 g/mol. The van der Waals surface area contributed by atoms with Crippen LogP contribution in [0, 0.1) is 13.8 Å². The van der Waals surface area contributed by atoms with Crippen molar-refractivity contribution < 1.29 is 4.79 Å². The molecule has 0 aliphatic rings. The van der Waals surface area contributed by atoms with Gasteiger partial charge in [0.1, 0.15) is 0 Å². The van der Waals surface area contributed by atoms with Crippen LogP contribution in [-0.2, 0) is 0 Å². The van der Waals surface area contributed by atoms with Gasteiger partial charge in [0.25, 0.3) is 5.91 Å². The zero-order valence-electron chi connectivity index (χ0n) is 13.6. The van der Waals surface area contributed by atoms with Crippen LogP contribution in [0.2, 0.25) is 0 Å². The minimum atomic E-state index is -0.0386. The van der Waals surface area contributed by atoms with Crippen LogP contribution >= 0.6 is 0 Å². The predicted octanol–water partition coefficient (Wildman–Crippen LogP) is 3.32. The summed E-state index contributed by atoms with van der Waals surface area (Å²) in [5.74, 6) is 0.452. The molecule has 5 nitrogen and oxygen atoms in total. The van der Waals surface area contributed by atoms with E-state index in [1.54, 1.807) is 17.3 Å². The van der Waals surface area contributed by atoms with Crippen molar-refractivity contribution >= 4 is 17.5 Å². The van der Waals surface area contributed by atoms with Gasteiger partial charge in [-0.1, -0.05) is 12.1 Å². The van der Waals surface area contributed by atoms with Crippen LogP contribution in [0.5, 0.6) is 0 Å². The summed E-state index contributed by atoms with van der Waals surface area (Å²) in [6, 6.07) is 6.16. The molecule has 0 aliphatic carbocycles. The van der Waals surface area contributed by atoms with E-state index in [4.69, 9.17) is 0 Å². The zero-order chi connectivity index (χ0) is 16.1. The molecule has 22 heavy (non-hydrogen) atoms. The van der Waals surface area contributed by atoms with Gasteiger partial charge in [0.2, 0.25) is 5.95 Å². The highest BCUT2D eigenvalue weighted by atomic mass is 16.2. The first-order valence-electron chi connectivity index (χ1n) is 7.50. The molecule has 2 aromatic rings. The zero-order valence-corrected chi connectivity index (χ0v) is 13.6. The summed E-state index contributed by atoms with van der Waals surface area (Å²) in [7, 11) is 0. The highest BCUT2D eigenvalue weighted by Gasteiger charge is 2.13. The molecule has 5 heteroatoms. The van der Waals surface area contributed by atoms with Gasteiger partial charge in [-0.05, 0) is 44.9 Å². The molecule has 1 N–H and O–H groups in total. The van der Waals surface area contributed by atoms with Gasteiger partial charge in [-0.3, -0.25) is 4.79 Å². The molecule has 0 fully saturated rings. The lowest BCUT2D eigenvalue weighted by molar-refractivity contribution is 0.0772. The average Bonchev–Trinajstić information content (AvgIpc) is 2.53. The Hall–Kier alpha value is -2.43. The second-order valence-electron chi connectivity index (χ2n) is 5.22. The number of hydrogen-bond acceptors (Lipinski definition) is 4. The maximum absolute atomic E-state index is 12.2. The van der Waals surface area contributed by atoms with Gasteiger partial charge in [-0.2, -0.15) is 0 Å². The highest BCUT2D eigenvalue weighted by molar-refractivity contribution is 5.93. The van der Waals surface area contributed by atoms with Crippen molar-refractivity contribution in [3.63, 3.8) is 0 Å². The van der Waals surface area contributed by atoms with Gasteiger partial charge in [-0.15, -0.1) is 0 Å². The molecule has 1 amide bonds. The molecule has 0 bridgehead atoms. The molecule has 2 rings (SSSR count). The van der Waals surface area contributed by atoms with E-state index in [9.17, 15) is 4.79 Å². The maximum atomic E-state index is 12.2. The second kappa shape index (κ2) is 7.02. The van der Waals surface area contributed by atoms with E-state index in [2.05, 4.69) is 27.4 Å². The molecular formula is C17H22N4O. The van der Waals surface area contributed by atoms with E-state index in [1.807, 2.05) is 33.8 Å². The first-order chi connectivity index (χ1) is 10.5. The first-order valence-corrected chi connectivity index (χ1v) is 7.50. The number of anilines is 2. The minimum Gasteiger partial charge on any atom is -0.339 e. The third-order valence-corrected chi connectivity index (χ3v) is 3.59. The van der Waals surface area contributed by atoms with Crippen LogP contribution in [0.3, 0.4) is 0 Å². The molecule has 0 spiro atoms. The van der Waals surface area contributed by atoms with Crippen LogP contribution < -0.4 is 5.32 Å². The van der Waals surface area contributed by atoms with Crippen molar-refractivity contribution in [2.75, 3.05) is 18.4 Å². The number of aryl methyl sites for hydroxylation is 2. The Balaban J connectivity index is 2.15. The Morgan fingerprint density at radius 1 is 1.14 bits per heavy atom. The van der Waals surface area contributed by atoms with Crippen LogP contribution in [0.1, 0.15) is 35.3 Å². The Labute approximate surface area is 131 Å². The Kier molecular flexibility index (Phi) is 5.09. The molecule has 0 saturated carbocycles. The molecule has 1 aromatic carbocycles. The third-order valence-electron chi connectivity index (χ3n) is 3.59. The topological polar surface area (TPSA) is 58.1 Å². The number of carbonyl (C=O) groups is 1. The summed E-state index contributed by atoms with van der Waals surface area (Å²) in [5.41, 5.74) is 3.77. The molecule has 0 unspecified atom stereocenters. The van der Waals surface area contributed by atoms with E-state index in [1.165, 1.54) is 5.56 Å². The molecule has 116 valence electrons. The van der Waals surface area contributed by atoms with Gasteiger partial charge in [0.15, 0.2) is 0 Å². The Morgan fingerprint density at radius 3 is 2.36 bits per heavy atom. The first kappa shape index (κ1) is 15.9. The van der Waals surface area contributed by atoms with Crippen molar-refractivity contribution in [2.24, 2.45) is 0 Å². The average molecular weight is 298 g/mol. The van der Waals surface area contributed by atoms with E-state index in [0.717, 1.165) is 11.3 Å². The Morgan fingerprint density at radius 2 is 1.77 bits per heavy atom. The quantitative estimate of drug-likeness (QED) is 0.920. The molecule has 0 aliphatic heterocycles. The second-order valence-corrected chi connectivity index (χ2v) is 5.22. The normalized spacial score (nSPS) is 10.4. The summed E-state index contributed by atoms with van der Waals surface area (Å²) in [5, 5.41) is 3.19. The van der Waals surface area contributed by atoms with Crippen molar-refractivity contribution in [3.8, 4) is 0 Å². The van der Waals surface area contributed by atoms with Gasteiger partial charge < -0.3 is 10.2 Å². The third kappa shape index (κ3) is 3.61. The summed E-state index contributed by atoms with van der Waals surface area (Å²) < 4.78 is 0. The number of benzene rings is 1. The SMILES string of the molecule is CCN(CC)C(=O)c1cnc(Nc2cc(C)ccc2C)nc1. The predicted molar refractivity (Wildman–Crippen MR) is 88.5 cm³/mol. The number of nitrogens with zero attached hydrogens (tertiary/aromatic N) is 3. The van der Waals surface area contributed by atoms with Crippen molar-refractivity contribution in [3.05, 3.63) is 47.3 Å². The number of aromatic nitrogens is 2. The van der Waals surface area contributed by atoms with Crippen LogP contribution in [-0.4, -0.2) is 33.9 Å². The molecule has 1 aromatic heterocycles. The van der Waals surface area contributed by atoms with Gasteiger partial charge in [0.05, 0.1) is 5.56 Å². The van der Waals surface area contributed by atoms with Gasteiger partial charge >= 0.3 is 0 Å². The van der Waals surface area contributed by atoms with Gasteiger partial charge in [-0.25, -0.2) is 9.97 Å². The molecular weight excluding hydrogens is 276 g/mol. The lowest BCUT2D eigenvalue weighted by Crippen LogP contribution is -2.30. The highest BCUT2D eigenvalue weighted by Crippen LogP contribution is 2.19. The molecule has 1 heterocycles. The largest absolute Gasteiger partial charge is 0.339 e. The summed E-state index contributed by atoms with van der Waals surface area (Å²) >= 11 is 0. The fourth-order valence-electron chi connectivity index (χ4n) is 2.19. The number of carbonyl (C=O) groups excluding carboxylic acids is 1. The molecule has 0 radical (unpaired) electrons. The maximum Gasteiger partial charge on any atom is 0.256 e. The molecule has 0 atom stereocenters. The standard InChI is InChI=1S/C17H22N4O/c1-5-21(6-2)16(22)14-10-18-17(19-11-14)20-15-9-12(3)7-8-13(15)4/h7-11H,5-6H2,1-4H3,(H,18,19,20). The lowest BCUT2D eigenvalue weighted by atomic mass is 10.1. The summed E-state index contributed by atoms with van der Waals surface area (Å²) in [6.45, 7) is 9.34. The van der Waals surface area contributed by atoms with E-state index in [-0.39, 0.29) is 5.91 Å².